The molecule has 4 N–H and O–H groups in total. The van der Waals surface area contributed by atoms with Crippen LogP contribution >= 0.6 is 68.5 Å². The van der Waals surface area contributed by atoms with E-state index in [-0.39, 0.29) is 56.5 Å². The number of benzene rings is 12. The number of hydrogen-bond acceptors (Lipinski definition) is 24. The number of phenols is 4. The van der Waals surface area contributed by atoms with E-state index in [0.29, 0.717) is 124 Å². The summed E-state index contributed by atoms with van der Waals surface area (Å²) >= 11 is 17.2. The molecule has 0 radical (unpaired) electrons. The molecule has 30 heteroatoms. The summed E-state index contributed by atoms with van der Waals surface area (Å²) in [7, 11) is 0. The molecule has 20 nitrogen and oxygen atoms in total. The lowest BCUT2D eigenvalue weighted by Gasteiger charge is -2.15. The highest BCUT2D eigenvalue weighted by molar-refractivity contribution is 7.22. The summed E-state index contributed by atoms with van der Waals surface area (Å²) in [5.74, 6) is 8.75. The number of fused-ring (bicyclic) bond motifs is 4. The summed E-state index contributed by atoms with van der Waals surface area (Å²) < 4.78 is 104. The Morgan fingerprint density at radius 2 is 0.594 bits per heavy atom. The second-order valence-electron chi connectivity index (χ2n) is 36.1. The van der Waals surface area contributed by atoms with Crippen LogP contribution in [0.15, 0.2) is 267 Å². The first kappa shape index (κ1) is 101. The first-order valence-corrected chi connectivity index (χ1v) is 51.3. The smallest absolute Gasteiger partial charge is 0.416 e. The minimum Gasteiger partial charge on any atom is -0.508 e. The third-order valence-corrected chi connectivity index (χ3v) is 30.2. The first-order valence-electron chi connectivity index (χ1n) is 47.2. The molecule has 738 valence electrons. The van der Waals surface area contributed by atoms with Gasteiger partial charge in [-0.25, -0.2) is 4.39 Å². The molecule has 16 aromatic rings. The van der Waals surface area contributed by atoms with Gasteiger partial charge in [-0.15, -0.1) is 45.3 Å². The molecule has 4 aliphatic heterocycles. The van der Waals surface area contributed by atoms with Crippen molar-refractivity contribution in [3.63, 3.8) is 0 Å². The summed E-state index contributed by atoms with van der Waals surface area (Å²) in [5, 5.41) is 43.5. The third-order valence-electron chi connectivity index (χ3n) is 25.1. The lowest BCUT2D eigenvalue weighted by Crippen LogP contribution is -2.25. The average molecular weight is 2050 g/mol. The van der Waals surface area contributed by atoms with Crippen LogP contribution in [0.1, 0.15) is 120 Å². The highest BCUT2D eigenvalue weighted by Gasteiger charge is 2.33. The van der Waals surface area contributed by atoms with E-state index in [1.165, 1.54) is 96.1 Å². The fourth-order valence-electron chi connectivity index (χ4n) is 17.4. The van der Waals surface area contributed by atoms with Crippen molar-refractivity contribution in [1.82, 2.24) is 19.6 Å². The Labute approximate surface area is 850 Å². The minimum atomic E-state index is -4.49. The molecule has 4 saturated heterocycles. The second kappa shape index (κ2) is 46.5. The van der Waals surface area contributed by atoms with Gasteiger partial charge in [-0.3, -0.25) is 38.8 Å². The van der Waals surface area contributed by atoms with Gasteiger partial charge in [0.25, 0.3) is 0 Å². The van der Waals surface area contributed by atoms with Crippen molar-refractivity contribution in [2.75, 3.05) is 105 Å². The lowest BCUT2D eigenvalue weighted by molar-refractivity contribution is -0.137. The van der Waals surface area contributed by atoms with Crippen molar-refractivity contribution < 1.29 is 95.1 Å². The van der Waals surface area contributed by atoms with Gasteiger partial charge in [0.1, 0.15) is 121 Å². The molecule has 12 aromatic carbocycles. The average Bonchev–Trinajstić information content (AvgIpc) is 1.64. The van der Waals surface area contributed by atoms with E-state index in [4.69, 9.17) is 61.1 Å². The minimum absolute atomic E-state index is 0.0312. The van der Waals surface area contributed by atoms with Crippen LogP contribution in [-0.2, 0) is 6.18 Å². The largest absolute Gasteiger partial charge is 0.508 e. The van der Waals surface area contributed by atoms with E-state index in [0.717, 1.165) is 185 Å². The normalized spacial score (nSPS) is 16.0. The Kier molecular flexibility index (Phi) is 33.0. The van der Waals surface area contributed by atoms with Gasteiger partial charge in [0, 0.05) is 120 Å². The molecule has 8 heterocycles. The molecule has 4 aromatic heterocycles. The summed E-state index contributed by atoms with van der Waals surface area (Å²) in [4.78, 5) is 64.5. The van der Waals surface area contributed by atoms with Crippen LogP contribution in [0.3, 0.4) is 0 Å². The van der Waals surface area contributed by atoms with E-state index < -0.39 is 23.3 Å². The molecule has 4 atom stereocenters. The Balaban J connectivity index is 0.000000131. The third kappa shape index (κ3) is 26.1. The SMILES string of the molecule is C[C@H]1CCN(CCOc2ccc(Oc3c(C(=O)c4ccc(C(F)(F)F)cc4)sc4cc(O)ccc34)cc2)C1.C[C@H]1CCN(CCOc2ccc(Oc3c(C(=O)c4ccc(Cl)cc4)sc4cc(O)ccc34)cc2)C1.C[C@H]1CCN(CCOc2ccc(Oc3c(C(=O)c4ccc(F)cc4)sc4cc(O)ccc34)cc2)C1.C[C@H]1CCN(CCOc2ccc(Oc3c(C(=O)c4ccccc4Cl)sc4cc(O)ccc34)cc2)C1. The van der Waals surface area contributed by atoms with Crippen LogP contribution in [0, 0.1) is 29.5 Å². The maximum Gasteiger partial charge on any atom is 0.416 e. The van der Waals surface area contributed by atoms with Crippen molar-refractivity contribution >= 4 is 132 Å². The predicted molar refractivity (Wildman–Crippen MR) is 557 cm³/mol. The van der Waals surface area contributed by atoms with Gasteiger partial charge in [-0.1, -0.05) is 75.2 Å². The number of alkyl halides is 3. The van der Waals surface area contributed by atoms with Crippen LogP contribution in [0.25, 0.3) is 40.3 Å². The Hall–Kier alpha value is -13.1. The maximum absolute atomic E-state index is 13.4. The van der Waals surface area contributed by atoms with E-state index in [9.17, 15) is 57.2 Å². The molecule has 0 unspecified atom stereocenters. The van der Waals surface area contributed by atoms with Gasteiger partial charge < -0.3 is 58.3 Å². The van der Waals surface area contributed by atoms with Gasteiger partial charge in [0.05, 0.1) is 10.6 Å². The van der Waals surface area contributed by atoms with Gasteiger partial charge in [0.2, 0.25) is 23.1 Å². The molecule has 4 aliphatic rings. The van der Waals surface area contributed by atoms with Crippen molar-refractivity contribution in [3.05, 3.63) is 330 Å². The van der Waals surface area contributed by atoms with Gasteiger partial charge in [-0.05, 0) is 318 Å². The molecule has 0 saturated carbocycles. The lowest BCUT2D eigenvalue weighted by atomic mass is 10.1. The molecular formula is C113H104Cl2F4N4O16S4. The summed E-state index contributed by atoms with van der Waals surface area (Å²) in [6.07, 6.45) is 0.476. The number of rotatable bonds is 32. The summed E-state index contributed by atoms with van der Waals surface area (Å²) in [6.45, 7) is 24.2. The predicted octanol–water partition coefficient (Wildman–Crippen LogP) is 27.9. The zero-order valence-corrected chi connectivity index (χ0v) is 83.5. The second-order valence-corrected chi connectivity index (χ2v) is 41.2. The van der Waals surface area contributed by atoms with Crippen LogP contribution in [0.5, 0.6) is 92.0 Å². The maximum atomic E-state index is 13.4. The van der Waals surface area contributed by atoms with Gasteiger partial charge in [0.15, 0.2) is 23.0 Å². The first-order chi connectivity index (χ1) is 69.1. The number of thiophene rings is 4. The molecule has 0 spiro atoms. The van der Waals surface area contributed by atoms with Crippen LogP contribution < -0.4 is 37.9 Å². The number of phenolic OH excluding ortho intramolecular Hbond substituents is 4. The number of likely N-dealkylation sites (tertiary alicyclic amines) is 4. The van der Waals surface area contributed by atoms with Crippen molar-refractivity contribution in [2.45, 2.75) is 59.6 Å². The molecule has 0 aliphatic carbocycles. The number of aromatic hydroxyl groups is 4. The van der Waals surface area contributed by atoms with Crippen molar-refractivity contribution in [2.24, 2.45) is 23.7 Å². The van der Waals surface area contributed by atoms with Crippen molar-refractivity contribution in [3.8, 4) is 92.0 Å². The topological polar surface area (TPSA) is 236 Å². The number of ether oxygens (including phenoxy) is 8. The number of nitrogens with zero attached hydrogens (tertiary/aromatic N) is 4. The van der Waals surface area contributed by atoms with E-state index in [2.05, 4.69) is 47.3 Å². The highest BCUT2D eigenvalue weighted by Crippen LogP contribution is 2.49. The fourth-order valence-corrected chi connectivity index (χ4v) is 22.2. The number of hydrogen-bond donors (Lipinski definition) is 4. The van der Waals surface area contributed by atoms with Gasteiger partial charge >= 0.3 is 6.18 Å². The molecule has 0 bridgehead atoms. The van der Waals surface area contributed by atoms with E-state index >= 15 is 0 Å². The van der Waals surface area contributed by atoms with E-state index in [1.54, 1.807) is 133 Å². The molecule has 143 heavy (non-hydrogen) atoms. The number of halogens is 6. The quantitative estimate of drug-likeness (QED) is 0.0226. The van der Waals surface area contributed by atoms with Crippen LogP contribution in [-0.4, -0.2) is 168 Å². The zero-order chi connectivity index (χ0) is 100.0. The van der Waals surface area contributed by atoms with Gasteiger partial charge in [-0.2, -0.15) is 13.2 Å². The Bertz CT molecular complexity index is 6940. The summed E-state index contributed by atoms with van der Waals surface area (Å²) in [6, 6.07) is 72.0. The van der Waals surface area contributed by atoms with Crippen LogP contribution in [0.4, 0.5) is 17.6 Å². The molecule has 4 fully saturated rings. The Morgan fingerprint density at radius 1 is 0.336 bits per heavy atom. The number of carbonyl (C=O) groups excluding carboxylic acids is 4. The standard InChI is InChI=1S/C29H26F3NO4S.2C28H26ClNO4S.C28H26FNO4S/c1-18-12-13-33(17-18)14-15-36-22-7-9-23(10-8-22)37-27-24-11-6-21(34)16-25(24)38-28(27)26(35)19-2-4-20(5-3-19)29(30,31)32;1-18-12-13-30(17-18)14-15-33-22-7-9-23(10-8-22)34-27-24-11-6-21(31)16-25(24)35-28(27)26(32)19-2-4-20(29)5-3-19;1-18-12-13-30(17-18)14-15-33-20-7-9-21(10-8-20)34-27-23-11-6-19(31)16-25(23)35-28(27)26(32)22-4-2-3-5-24(22)29;1-18-12-13-30(17-18)14-15-33-22-7-9-23(10-8-22)34-27-24-11-6-21(31)16-25(24)35-28(27)26(32)19-2-4-20(29)5-3-19/h2-11,16,18,34H,12-15,17H2,1H3;3*2-11,16,18,31H,12-15,17H2,1H3/t4*18-/m0000/s1. The molecule has 0 amide bonds. The zero-order valence-electron chi connectivity index (χ0n) is 78.7. The molecular weight excluding hydrogens is 1940 g/mol. The summed E-state index contributed by atoms with van der Waals surface area (Å²) in [5.41, 5.74) is 0.569. The monoisotopic (exact) mass is 2050 g/mol. The van der Waals surface area contributed by atoms with Crippen molar-refractivity contribution in [1.29, 1.82) is 0 Å². The Morgan fingerprint density at radius 3 is 0.860 bits per heavy atom. The van der Waals surface area contributed by atoms with Crippen LogP contribution in [0.2, 0.25) is 10.0 Å². The number of carbonyl (C=O) groups is 4. The molecule has 20 rings (SSSR count). The fraction of sp³-hybridized carbons (Fsp3) is 0.257. The number of ketones is 4. The van der Waals surface area contributed by atoms with E-state index in [1.807, 2.05) is 72.8 Å². The highest BCUT2D eigenvalue weighted by atomic mass is 35.5.